The summed E-state index contributed by atoms with van der Waals surface area (Å²) < 4.78 is 0. The Balaban J connectivity index is 1.39. The van der Waals surface area contributed by atoms with Crippen molar-refractivity contribution in [3.05, 3.63) is 139 Å². The predicted molar refractivity (Wildman–Crippen MR) is 180 cm³/mol. The Bertz CT molecular complexity index is 2230. The fourth-order valence-corrected chi connectivity index (χ4v) is 6.60. The van der Waals surface area contributed by atoms with Crippen molar-refractivity contribution in [2.24, 2.45) is 0 Å². The molecule has 0 aliphatic rings. The van der Waals surface area contributed by atoms with E-state index in [0.29, 0.717) is 0 Å². The molecular formula is C41H31N. The average molecular weight is 538 g/mol. The normalized spacial score (nSPS) is 12.2. The van der Waals surface area contributed by atoms with Crippen molar-refractivity contribution in [2.45, 2.75) is 26.2 Å². The summed E-state index contributed by atoms with van der Waals surface area (Å²) in [4.78, 5) is 4.76. The van der Waals surface area contributed by atoms with E-state index < -0.39 is 0 Å². The highest BCUT2D eigenvalue weighted by Crippen LogP contribution is 2.45. The second-order valence-corrected chi connectivity index (χ2v) is 12.4. The number of fused-ring (bicyclic) bond motifs is 1. The first kappa shape index (κ1) is 24.8. The van der Waals surface area contributed by atoms with Crippen molar-refractivity contribution < 1.29 is 0 Å². The zero-order valence-electron chi connectivity index (χ0n) is 24.1. The summed E-state index contributed by atoms with van der Waals surface area (Å²) in [5.74, 6) is 0. The van der Waals surface area contributed by atoms with Gasteiger partial charge in [0, 0.05) is 17.1 Å². The quantitative estimate of drug-likeness (QED) is 0.204. The van der Waals surface area contributed by atoms with Crippen LogP contribution in [0.3, 0.4) is 0 Å². The maximum Gasteiger partial charge on any atom is 0.0780 e. The van der Waals surface area contributed by atoms with Crippen LogP contribution in [0.15, 0.2) is 134 Å². The number of hydrogen-bond acceptors (Lipinski definition) is 1. The molecule has 0 radical (unpaired) electrons. The summed E-state index contributed by atoms with van der Waals surface area (Å²) in [6.07, 6.45) is 1.91. The van der Waals surface area contributed by atoms with Crippen LogP contribution in [0.5, 0.6) is 0 Å². The van der Waals surface area contributed by atoms with Gasteiger partial charge in [0.05, 0.1) is 5.69 Å². The van der Waals surface area contributed by atoms with Crippen molar-refractivity contribution >= 4 is 43.1 Å². The zero-order valence-corrected chi connectivity index (χ0v) is 24.1. The molecule has 0 saturated carbocycles. The van der Waals surface area contributed by atoms with E-state index in [2.05, 4.69) is 148 Å². The number of benzene rings is 7. The van der Waals surface area contributed by atoms with E-state index in [1.807, 2.05) is 6.20 Å². The van der Waals surface area contributed by atoms with Crippen LogP contribution in [0.4, 0.5) is 0 Å². The van der Waals surface area contributed by atoms with Gasteiger partial charge in [-0.25, -0.2) is 0 Å². The summed E-state index contributed by atoms with van der Waals surface area (Å²) >= 11 is 0. The molecule has 0 aliphatic heterocycles. The van der Waals surface area contributed by atoms with Crippen LogP contribution in [0.2, 0.25) is 0 Å². The monoisotopic (exact) mass is 537 g/mol. The molecule has 7 aromatic carbocycles. The van der Waals surface area contributed by atoms with Crippen LogP contribution in [-0.2, 0) is 5.41 Å². The summed E-state index contributed by atoms with van der Waals surface area (Å²) in [5.41, 5.74) is 8.59. The van der Waals surface area contributed by atoms with Crippen LogP contribution < -0.4 is 0 Å². The molecule has 0 atom stereocenters. The molecule has 0 fully saturated rings. The molecule has 0 aliphatic carbocycles. The highest BCUT2D eigenvalue weighted by atomic mass is 14.7. The zero-order chi connectivity index (χ0) is 28.4. The van der Waals surface area contributed by atoms with Gasteiger partial charge in [0.1, 0.15) is 0 Å². The van der Waals surface area contributed by atoms with Crippen molar-refractivity contribution in [3.8, 4) is 33.5 Å². The Labute approximate surface area is 246 Å². The van der Waals surface area contributed by atoms with Gasteiger partial charge < -0.3 is 0 Å². The minimum atomic E-state index is 0.0888. The van der Waals surface area contributed by atoms with E-state index in [0.717, 1.165) is 11.3 Å². The highest BCUT2D eigenvalue weighted by molar-refractivity contribution is 6.28. The average Bonchev–Trinajstić information content (AvgIpc) is 3.03. The Morgan fingerprint density at radius 2 is 1.05 bits per heavy atom. The number of pyridine rings is 1. The summed E-state index contributed by atoms with van der Waals surface area (Å²) in [5, 5.41) is 10.3. The highest BCUT2D eigenvalue weighted by Gasteiger charge is 2.20. The van der Waals surface area contributed by atoms with E-state index in [9.17, 15) is 0 Å². The standard InChI is InChI=1S/C41H31N/c1-41(2,3)32-23-30-17-19-34-36(26-9-5-4-6-10-26)25-37(35-20-18-31(24-32)38(30)39(34)35)28-13-15-29(16-14-28)40-33-12-8-7-11-27(33)21-22-42-40/h4-25H,1-3H3. The SMILES string of the molecule is CC(C)(C)c1cc2ccc3c(-c4ccccc4)cc(-c4ccc(-c5nccc6ccccc56)cc4)c4ccc(c1)c2c34. The van der Waals surface area contributed by atoms with Crippen molar-refractivity contribution in [1.29, 1.82) is 0 Å². The van der Waals surface area contributed by atoms with Crippen LogP contribution in [-0.4, -0.2) is 4.98 Å². The molecule has 1 heterocycles. The maximum absolute atomic E-state index is 4.76. The van der Waals surface area contributed by atoms with E-state index in [4.69, 9.17) is 4.98 Å². The third-order valence-electron chi connectivity index (χ3n) is 8.81. The number of hydrogen-bond donors (Lipinski definition) is 0. The molecule has 42 heavy (non-hydrogen) atoms. The number of rotatable bonds is 3. The van der Waals surface area contributed by atoms with Crippen LogP contribution in [0, 0.1) is 0 Å². The molecule has 8 aromatic rings. The van der Waals surface area contributed by atoms with E-state index in [-0.39, 0.29) is 5.41 Å². The molecule has 0 N–H and O–H groups in total. The topological polar surface area (TPSA) is 12.9 Å². The van der Waals surface area contributed by atoms with Gasteiger partial charge in [-0.05, 0) is 83.1 Å². The first-order valence-corrected chi connectivity index (χ1v) is 14.7. The molecule has 200 valence electrons. The molecule has 0 bridgehead atoms. The molecule has 8 rings (SSSR count). The Morgan fingerprint density at radius 3 is 1.71 bits per heavy atom. The molecular weight excluding hydrogens is 506 g/mol. The first-order valence-electron chi connectivity index (χ1n) is 14.7. The van der Waals surface area contributed by atoms with Crippen molar-refractivity contribution in [1.82, 2.24) is 4.98 Å². The van der Waals surface area contributed by atoms with Gasteiger partial charge in [-0.1, -0.05) is 136 Å². The minimum absolute atomic E-state index is 0.0888. The summed E-state index contributed by atoms with van der Waals surface area (Å²) in [6, 6.07) is 46.8. The van der Waals surface area contributed by atoms with E-state index >= 15 is 0 Å². The fraction of sp³-hybridized carbons (Fsp3) is 0.0976. The molecule has 1 aromatic heterocycles. The van der Waals surface area contributed by atoms with Gasteiger partial charge in [0.15, 0.2) is 0 Å². The Kier molecular flexibility index (Phi) is 5.46. The second-order valence-electron chi connectivity index (χ2n) is 12.4. The molecule has 0 saturated heterocycles. The van der Waals surface area contributed by atoms with Crippen LogP contribution >= 0.6 is 0 Å². The maximum atomic E-state index is 4.76. The summed E-state index contributed by atoms with van der Waals surface area (Å²) in [7, 11) is 0. The third-order valence-corrected chi connectivity index (χ3v) is 8.81. The lowest BCUT2D eigenvalue weighted by Gasteiger charge is -2.23. The lowest BCUT2D eigenvalue weighted by atomic mass is 9.81. The van der Waals surface area contributed by atoms with E-state index in [1.54, 1.807) is 0 Å². The smallest absolute Gasteiger partial charge is 0.0780 e. The van der Waals surface area contributed by atoms with Crippen molar-refractivity contribution in [3.63, 3.8) is 0 Å². The van der Waals surface area contributed by atoms with Gasteiger partial charge in [0.25, 0.3) is 0 Å². The number of nitrogens with zero attached hydrogens (tertiary/aromatic N) is 1. The number of aromatic nitrogens is 1. The van der Waals surface area contributed by atoms with Gasteiger partial charge in [-0.3, -0.25) is 4.98 Å². The molecule has 0 amide bonds. The fourth-order valence-electron chi connectivity index (χ4n) is 6.60. The van der Waals surface area contributed by atoms with Gasteiger partial charge in [-0.15, -0.1) is 0 Å². The van der Waals surface area contributed by atoms with Crippen LogP contribution in [0.1, 0.15) is 26.3 Å². The van der Waals surface area contributed by atoms with Gasteiger partial charge >= 0.3 is 0 Å². The van der Waals surface area contributed by atoms with Gasteiger partial charge in [-0.2, -0.15) is 0 Å². The van der Waals surface area contributed by atoms with Crippen LogP contribution in [0.25, 0.3) is 76.6 Å². The molecule has 0 spiro atoms. The lowest BCUT2D eigenvalue weighted by Crippen LogP contribution is -2.10. The Hall–Kier alpha value is -5.01. The third kappa shape index (κ3) is 3.89. The van der Waals surface area contributed by atoms with Crippen molar-refractivity contribution in [2.75, 3.05) is 0 Å². The summed E-state index contributed by atoms with van der Waals surface area (Å²) in [6.45, 7) is 6.88. The predicted octanol–water partition coefficient (Wildman–Crippen LogP) is 11.4. The Morgan fingerprint density at radius 1 is 0.452 bits per heavy atom. The first-order chi connectivity index (χ1) is 20.5. The lowest BCUT2D eigenvalue weighted by molar-refractivity contribution is 0.591. The van der Waals surface area contributed by atoms with Gasteiger partial charge in [0.2, 0.25) is 0 Å². The largest absolute Gasteiger partial charge is 0.256 e. The van der Waals surface area contributed by atoms with E-state index in [1.165, 1.54) is 70.9 Å². The molecule has 1 heteroatoms. The second kappa shape index (κ2) is 9.26. The minimum Gasteiger partial charge on any atom is -0.256 e. The molecule has 1 nitrogen and oxygen atoms in total. The molecule has 0 unspecified atom stereocenters.